The second kappa shape index (κ2) is 12.0. The Morgan fingerprint density at radius 3 is 1.92 bits per heavy atom. The Morgan fingerprint density at radius 2 is 1.08 bits per heavy atom. The molecule has 0 unspecified atom stereocenters. The molecule has 0 aliphatic carbocycles. The Hall–Kier alpha value is -6.70. The summed E-state index contributed by atoms with van der Waals surface area (Å²) in [4.78, 5) is 0. The van der Waals surface area contributed by atoms with Gasteiger partial charge in [-0.2, -0.15) is 0 Å². The number of furan rings is 1. The molecule has 0 atom stereocenters. The van der Waals surface area contributed by atoms with Crippen molar-refractivity contribution in [3.05, 3.63) is 188 Å². The van der Waals surface area contributed by atoms with Gasteiger partial charge in [0.25, 0.3) is 0 Å². The molecule has 0 aliphatic rings. The Morgan fingerprint density at radius 1 is 0.442 bits per heavy atom. The Bertz CT molecular complexity index is 3090. The number of aryl methyl sites for hydroxylation is 1. The van der Waals surface area contributed by atoms with Gasteiger partial charge < -0.3 is 4.42 Å². The van der Waals surface area contributed by atoms with Crippen LogP contribution in [0.15, 0.2) is 181 Å². The molecule has 10 rings (SSSR count). The molecule has 0 radical (unpaired) electrons. The van der Waals surface area contributed by atoms with Gasteiger partial charge in [-0.1, -0.05) is 146 Å². The lowest BCUT2D eigenvalue weighted by Gasteiger charge is -2.20. The molecule has 1 heteroatoms. The van der Waals surface area contributed by atoms with Crippen molar-refractivity contribution in [2.24, 2.45) is 0 Å². The van der Waals surface area contributed by atoms with Crippen LogP contribution in [0.4, 0.5) is 0 Å². The maximum atomic E-state index is 6.45. The Kier molecular flexibility index (Phi) is 6.94. The largest absolute Gasteiger partial charge is 0.456 e. The van der Waals surface area contributed by atoms with Crippen LogP contribution in [-0.2, 0) is 0 Å². The summed E-state index contributed by atoms with van der Waals surface area (Å²) in [5.41, 5.74) is 11.5. The minimum absolute atomic E-state index is 0.891. The molecule has 244 valence electrons. The first-order valence-corrected chi connectivity index (χ1v) is 17.9. The highest BCUT2D eigenvalue weighted by Gasteiger charge is 2.20. The first-order chi connectivity index (χ1) is 25.6. The maximum absolute atomic E-state index is 6.45. The molecule has 0 bridgehead atoms. The van der Waals surface area contributed by atoms with Crippen LogP contribution in [0, 0.1) is 6.92 Å². The smallest absolute Gasteiger partial charge is 0.136 e. The van der Waals surface area contributed by atoms with Crippen molar-refractivity contribution in [1.29, 1.82) is 0 Å². The van der Waals surface area contributed by atoms with Crippen molar-refractivity contribution < 1.29 is 4.42 Å². The summed E-state index contributed by atoms with van der Waals surface area (Å²) in [5, 5.41) is 12.2. The first kappa shape index (κ1) is 30.2. The van der Waals surface area contributed by atoms with Crippen molar-refractivity contribution in [3.8, 4) is 33.4 Å². The summed E-state index contributed by atoms with van der Waals surface area (Å²) in [5.74, 6) is 0. The van der Waals surface area contributed by atoms with Crippen LogP contribution < -0.4 is 0 Å². The van der Waals surface area contributed by atoms with E-state index in [-0.39, 0.29) is 0 Å². The zero-order valence-electron chi connectivity index (χ0n) is 28.9. The van der Waals surface area contributed by atoms with E-state index < -0.39 is 0 Å². The van der Waals surface area contributed by atoms with Crippen LogP contribution in [-0.4, -0.2) is 0 Å². The molecule has 0 spiro atoms. The van der Waals surface area contributed by atoms with Crippen LogP contribution in [0.5, 0.6) is 0 Å². The predicted molar refractivity (Wildman–Crippen MR) is 224 cm³/mol. The van der Waals surface area contributed by atoms with Crippen molar-refractivity contribution in [2.75, 3.05) is 0 Å². The highest BCUT2D eigenvalue weighted by molar-refractivity contribution is 6.24. The topological polar surface area (TPSA) is 13.1 Å². The fourth-order valence-corrected chi connectivity index (χ4v) is 8.22. The fourth-order valence-electron chi connectivity index (χ4n) is 8.22. The zero-order valence-corrected chi connectivity index (χ0v) is 28.9. The number of allylic oxidation sites excluding steroid dienone is 2. The molecule has 0 fully saturated rings. The lowest BCUT2D eigenvalue weighted by Crippen LogP contribution is -1.92. The van der Waals surface area contributed by atoms with E-state index in [2.05, 4.69) is 177 Å². The molecule has 0 aliphatic heterocycles. The lowest BCUT2D eigenvalue weighted by molar-refractivity contribution is 0.669. The molecule has 10 aromatic rings. The van der Waals surface area contributed by atoms with Gasteiger partial charge in [-0.3, -0.25) is 0 Å². The van der Waals surface area contributed by atoms with Crippen LogP contribution in [0.1, 0.15) is 11.1 Å². The van der Waals surface area contributed by atoms with Gasteiger partial charge in [0.05, 0.1) is 0 Å². The summed E-state index contributed by atoms with van der Waals surface area (Å²) in [6.45, 7) is 6.00. The Balaban J connectivity index is 1.29. The van der Waals surface area contributed by atoms with E-state index in [0.717, 1.165) is 27.5 Å². The van der Waals surface area contributed by atoms with Crippen LogP contribution in [0.25, 0.3) is 104 Å². The summed E-state index contributed by atoms with van der Waals surface area (Å²) in [6.07, 6.45) is 5.86. The van der Waals surface area contributed by atoms with E-state index in [1.807, 2.05) is 6.08 Å². The summed E-state index contributed by atoms with van der Waals surface area (Å²) in [7, 11) is 0. The number of fused-ring (bicyclic) bond motifs is 7. The standard InChI is InChI=1S/C51H34O/c1-3-4-12-35-31-49-45(27-32(35)2)46-30-39(24-26-48(46)52-49)50-42-18-9-10-19-43(42)51(41-20-11-16-34-14-7-8-17-40(34)41)47-29-38(23-25-44(47)50)37-22-21-33-13-5-6-15-36(33)28-37/h3-31H,1H2,2H3/b12-4-. The molecule has 52 heavy (non-hydrogen) atoms. The van der Waals surface area contributed by atoms with Gasteiger partial charge in [-0.05, 0) is 131 Å². The monoisotopic (exact) mass is 662 g/mol. The Labute approximate surface area is 302 Å². The summed E-state index contributed by atoms with van der Waals surface area (Å²) >= 11 is 0. The van der Waals surface area contributed by atoms with Crippen molar-refractivity contribution in [3.63, 3.8) is 0 Å². The molecule has 0 amide bonds. The number of hydrogen-bond acceptors (Lipinski definition) is 1. The third kappa shape index (κ3) is 4.78. The third-order valence-corrected chi connectivity index (χ3v) is 10.7. The molecule has 1 aromatic heterocycles. The van der Waals surface area contributed by atoms with E-state index in [4.69, 9.17) is 4.42 Å². The minimum atomic E-state index is 0.891. The molecular formula is C51H34O. The second-order valence-corrected chi connectivity index (χ2v) is 13.8. The average Bonchev–Trinajstić information content (AvgIpc) is 3.54. The van der Waals surface area contributed by atoms with Crippen molar-refractivity contribution in [1.82, 2.24) is 0 Å². The van der Waals surface area contributed by atoms with E-state index in [0.29, 0.717) is 0 Å². The quantitative estimate of drug-likeness (QED) is 0.132. The van der Waals surface area contributed by atoms with Crippen LogP contribution in [0.2, 0.25) is 0 Å². The van der Waals surface area contributed by atoms with Gasteiger partial charge in [0, 0.05) is 10.8 Å². The van der Waals surface area contributed by atoms with Gasteiger partial charge in [0.2, 0.25) is 0 Å². The minimum Gasteiger partial charge on any atom is -0.456 e. The molecule has 0 saturated heterocycles. The molecule has 0 N–H and O–H groups in total. The van der Waals surface area contributed by atoms with E-state index in [1.54, 1.807) is 6.08 Å². The normalized spacial score (nSPS) is 11.9. The van der Waals surface area contributed by atoms with Gasteiger partial charge in [0.1, 0.15) is 11.2 Å². The van der Waals surface area contributed by atoms with Crippen molar-refractivity contribution >= 4 is 71.1 Å². The third-order valence-electron chi connectivity index (χ3n) is 10.7. The lowest BCUT2D eigenvalue weighted by atomic mass is 9.83. The molecular weight excluding hydrogens is 629 g/mol. The van der Waals surface area contributed by atoms with Gasteiger partial charge >= 0.3 is 0 Å². The van der Waals surface area contributed by atoms with Gasteiger partial charge in [-0.15, -0.1) is 0 Å². The SMILES string of the molecule is C=C/C=C\c1cc2oc3ccc(-c4c5ccccc5c(-c5cccc6ccccc56)c5cc(-c6ccc7ccccc7c6)ccc45)cc3c2cc1C. The first-order valence-electron chi connectivity index (χ1n) is 17.9. The maximum Gasteiger partial charge on any atom is 0.136 e. The average molecular weight is 663 g/mol. The number of benzene rings is 9. The molecule has 9 aromatic carbocycles. The van der Waals surface area contributed by atoms with Crippen molar-refractivity contribution in [2.45, 2.75) is 6.92 Å². The molecule has 1 heterocycles. The highest BCUT2D eigenvalue weighted by Crippen LogP contribution is 2.47. The van der Waals surface area contributed by atoms with E-state index in [1.165, 1.54) is 82.0 Å². The van der Waals surface area contributed by atoms with Crippen LogP contribution in [0.3, 0.4) is 0 Å². The van der Waals surface area contributed by atoms with E-state index in [9.17, 15) is 0 Å². The number of hydrogen-bond donors (Lipinski definition) is 0. The predicted octanol–water partition coefficient (Wildman–Crippen LogP) is 14.7. The fraction of sp³-hybridized carbons (Fsp3) is 0.0196. The van der Waals surface area contributed by atoms with Crippen LogP contribution >= 0.6 is 0 Å². The molecule has 0 saturated carbocycles. The molecule has 1 nitrogen and oxygen atoms in total. The highest BCUT2D eigenvalue weighted by atomic mass is 16.3. The van der Waals surface area contributed by atoms with E-state index >= 15 is 0 Å². The van der Waals surface area contributed by atoms with Gasteiger partial charge in [0.15, 0.2) is 0 Å². The zero-order chi connectivity index (χ0) is 34.8. The second-order valence-electron chi connectivity index (χ2n) is 13.8. The summed E-state index contributed by atoms with van der Waals surface area (Å²) in [6, 6.07) is 57.9. The van der Waals surface area contributed by atoms with Gasteiger partial charge in [-0.25, -0.2) is 0 Å². The number of rotatable bonds is 5. The summed E-state index contributed by atoms with van der Waals surface area (Å²) < 4.78 is 6.45.